The van der Waals surface area contributed by atoms with Crippen molar-refractivity contribution in [3.05, 3.63) is 125 Å². The van der Waals surface area contributed by atoms with Crippen LogP contribution in [-0.4, -0.2) is 31.9 Å². The van der Waals surface area contributed by atoms with Crippen LogP contribution in [0, 0.1) is 6.92 Å². The standard InChI is InChI=1S/C31H28N4OS/c1-22-5-4-6-24(17-22)21-37-31-33-28-13-15-32-18-29(28)35(31)19-23-9-11-26(12-10-23)30(36)34-16-14-25-7-2-3-8-27(25)20-34/h2-13,15,17-18H,14,16,19-21H2,1H3. The van der Waals surface area contributed by atoms with Crippen molar-refractivity contribution in [2.45, 2.75) is 37.3 Å². The van der Waals surface area contributed by atoms with Crippen molar-refractivity contribution in [3.8, 4) is 0 Å². The molecule has 6 rings (SSSR count). The van der Waals surface area contributed by atoms with Gasteiger partial charge in [-0.25, -0.2) is 4.98 Å². The number of carbonyl (C=O) groups excluding carboxylic acids is 1. The van der Waals surface area contributed by atoms with E-state index in [9.17, 15) is 4.79 Å². The summed E-state index contributed by atoms with van der Waals surface area (Å²) in [6.45, 7) is 4.22. The first-order valence-corrected chi connectivity index (χ1v) is 13.6. The van der Waals surface area contributed by atoms with Crippen LogP contribution in [0.3, 0.4) is 0 Å². The molecule has 1 amide bonds. The fourth-order valence-electron chi connectivity index (χ4n) is 4.95. The average Bonchev–Trinajstić information content (AvgIpc) is 3.29. The van der Waals surface area contributed by atoms with Crippen LogP contribution in [0.25, 0.3) is 11.0 Å². The molecule has 6 heteroatoms. The smallest absolute Gasteiger partial charge is 0.254 e. The number of benzene rings is 3. The monoisotopic (exact) mass is 504 g/mol. The number of imidazole rings is 1. The zero-order valence-electron chi connectivity index (χ0n) is 20.8. The maximum atomic E-state index is 13.2. The van der Waals surface area contributed by atoms with E-state index in [1.165, 1.54) is 22.3 Å². The third kappa shape index (κ3) is 5.02. The van der Waals surface area contributed by atoms with Crippen molar-refractivity contribution < 1.29 is 4.79 Å². The van der Waals surface area contributed by atoms with Crippen molar-refractivity contribution in [2.75, 3.05) is 6.54 Å². The van der Waals surface area contributed by atoms with E-state index in [1.54, 1.807) is 18.0 Å². The van der Waals surface area contributed by atoms with Crippen molar-refractivity contribution in [1.82, 2.24) is 19.4 Å². The van der Waals surface area contributed by atoms with Gasteiger partial charge in [0, 0.05) is 30.6 Å². The third-order valence-electron chi connectivity index (χ3n) is 6.93. The van der Waals surface area contributed by atoms with Crippen LogP contribution < -0.4 is 0 Å². The second kappa shape index (κ2) is 10.2. The molecule has 0 atom stereocenters. The molecule has 1 aliphatic heterocycles. The third-order valence-corrected chi connectivity index (χ3v) is 7.97. The van der Waals surface area contributed by atoms with E-state index in [0.717, 1.165) is 46.0 Å². The lowest BCUT2D eigenvalue weighted by molar-refractivity contribution is 0.0734. The maximum absolute atomic E-state index is 13.2. The Balaban J connectivity index is 1.20. The molecule has 0 N–H and O–H groups in total. The summed E-state index contributed by atoms with van der Waals surface area (Å²) in [5, 5.41) is 0.969. The number of pyridine rings is 1. The molecule has 0 saturated carbocycles. The molecule has 0 unspecified atom stereocenters. The molecule has 1 aliphatic rings. The van der Waals surface area contributed by atoms with Crippen LogP contribution in [0.2, 0.25) is 0 Å². The Labute approximate surface area is 221 Å². The van der Waals surface area contributed by atoms with E-state index < -0.39 is 0 Å². The van der Waals surface area contributed by atoms with E-state index in [0.29, 0.717) is 13.1 Å². The normalized spacial score (nSPS) is 13.1. The number of thioether (sulfide) groups is 1. The number of aryl methyl sites for hydroxylation is 1. The summed E-state index contributed by atoms with van der Waals surface area (Å²) in [7, 11) is 0. The molecular formula is C31H28N4OS. The summed E-state index contributed by atoms with van der Waals surface area (Å²) in [5.41, 5.74) is 8.95. The van der Waals surface area contributed by atoms with Gasteiger partial charge in [-0.2, -0.15) is 0 Å². The van der Waals surface area contributed by atoms with Crippen molar-refractivity contribution >= 4 is 28.7 Å². The van der Waals surface area contributed by atoms with Gasteiger partial charge in [0.05, 0.1) is 23.8 Å². The first-order valence-electron chi connectivity index (χ1n) is 12.6. The highest BCUT2D eigenvalue weighted by Crippen LogP contribution is 2.28. The van der Waals surface area contributed by atoms with Crippen LogP contribution in [0.5, 0.6) is 0 Å². The van der Waals surface area contributed by atoms with Gasteiger partial charge in [0.1, 0.15) is 0 Å². The highest BCUT2D eigenvalue weighted by molar-refractivity contribution is 7.98. The number of aromatic nitrogens is 3. The molecule has 3 aromatic carbocycles. The molecule has 0 saturated heterocycles. The first-order chi connectivity index (χ1) is 18.1. The lowest BCUT2D eigenvalue weighted by atomic mass is 9.99. The number of amides is 1. The van der Waals surface area contributed by atoms with E-state index in [4.69, 9.17) is 4.98 Å². The van der Waals surface area contributed by atoms with Gasteiger partial charge in [-0.15, -0.1) is 0 Å². The second-order valence-electron chi connectivity index (χ2n) is 9.56. The summed E-state index contributed by atoms with van der Waals surface area (Å²) in [5.74, 6) is 0.943. The highest BCUT2D eigenvalue weighted by Gasteiger charge is 2.21. The van der Waals surface area contributed by atoms with E-state index >= 15 is 0 Å². The molecule has 0 radical (unpaired) electrons. The predicted octanol–water partition coefficient (Wildman–Crippen LogP) is 6.28. The molecule has 2 aromatic heterocycles. The molecule has 0 aliphatic carbocycles. The van der Waals surface area contributed by atoms with Crippen LogP contribution in [-0.2, 0) is 25.3 Å². The summed E-state index contributed by atoms with van der Waals surface area (Å²) >= 11 is 1.74. The lowest BCUT2D eigenvalue weighted by Gasteiger charge is -2.29. The molecule has 5 aromatic rings. The van der Waals surface area contributed by atoms with Crippen LogP contribution in [0.15, 0.2) is 96.4 Å². The van der Waals surface area contributed by atoms with Gasteiger partial charge < -0.3 is 9.47 Å². The molecule has 184 valence electrons. The SMILES string of the molecule is Cc1cccc(CSc2nc3ccncc3n2Cc2ccc(C(=O)N3CCc4ccccc4C3)cc2)c1. The largest absolute Gasteiger partial charge is 0.334 e. The van der Waals surface area contributed by atoms with Gasteiger partial charge in [-0.3, -0.25) is 9.78 Å². The van der Waals surface area contributed by atoms with Gasteiger partial charge in [0.15, 0.2) is 5.16 Å². The Morgan fingerprint density at radius 1 is 0.946 bits per heavy atom. The average molecular weight is 505 g/mol. The zero-order valence-corrected chi connectivity index (χ0v) is 21.6. The van der Waals surface area contributed by atoms with E-state index in [2.05, 4.69) is 71.1 Å². The van der Waals surface area contributed by atoms with E-state index in [-0.39, 0.29) is 5.91 Å². The summed E-state index contributed by atoms with van der Waals surface area (Å²) in [6, 6.07) is 27.0. The molecular weight excluding hydrogens is 476 g/mol. The number of carbonyl (C=O) groups is 1. The number of rotatable bonds is 6. The van der Waals surface area contributed by atoms with Crippen LogP contribution in [0.4, 0.5) is 0 Å². The number of nitrogens with zero attached hydrogens (tertiary/aromatic N) is 4. The number of fused-ring (bicyclic) bond motifs is 2. The lowest BCUT2D eigenvalue weighted by Crippen LogP contribution is -2.35. The molecule has 37 heavy (non-hydrogen) atoms. The van der Waals surface area contributed by atoms with Gasteiger partial charge in [-0.1, -0.05) is 78.0 Å². The Morgan fingerprint density at radius 3 is 2.62 bits per heavy atom. The van der Waals surface area contributed by atoms with Gasteiger partial charge in [0.25, 0.3) is 5.91 Å². The topological polar surface area (TPSA) is 51.0 Å². The van der Waals surface area contributed by atoms with Gasteiger partial charge in [-0.05, 0) is 53.8 Å². The molecule has 0 bridgehead atoms. The quantitative estimate of drug-likeness (QED) is 0.256. The summed E-state index contributed by atoms with van der Waals surface area (Å²) in [6.07, 6.45) is 4.57. The minimum absolute atomic E-state index is 0.0905. The molecule has 3 heterocycles. The van der Waals surface area contributed by atoms with Crippen molar-refractivity contribution in [3.63, 3.8) is 0 Å². The summed E-state index contributed by atoms with van der Waals surface area (Å²) in [4.78, 5) is 24.4. The number of hydrogen-bond donors (Lipinski definition) is 0. The number of hydrogen-bond acceptors (Lipinski definition) is 4. The Morgan fingerprint density at radius 2 is 1.78 bits per heavy atom. The van der Waals surface area contributed by atoms with Gasteiger partial charge in [0.2, 0.25) is 0 Å². The minimum Gasteiger partial charge on any atom is -0.334 e. The second-order valence-corrected chi connectivity index (χ2v) is 10.5. The Hall–Kier alpha value is -3.90. The minimum atomic E-state index is 0.0905. The summed E-state index contributed by atoms with van der Waals surface area (Å²) < 4.78 is 2.22. The van der Waals surface area contributed by atoms with Crippen LogP contribution in [0.1, 0.15) is 38.2 Å². The first kappa shape index (κ1) is 23.5. The predicted molar refractivity (Wildman–Crippen MR) is 149 cm³/mol. The molecule has 0 spiro atoms. The highest BCUT2D eigenvalue weighted by atomic mass is 32.2. The molecule has 0 fully saturated rings. The van der Waals surface area contributed by atoms with Crippen molar-refractivity contribution in [2.24, 2.45) is 0 Å². The fourth-order valence-corrected chi connectivity index (χ4v) is 5.90. The van der Waals surface area contributed by atoms with Gasteiger partial charge >= 0.3 is 0 Å². The Kier molecular flexibility index (Phi) is 6.49. The maximum Gasteiger partial charge on any atom is 0.254 e. The zero-order chi connectivity index (χ0) is 25.2. The van der Waals surface area contributed by atoms with Crippen LogP contribution >= 0.6 is 11.8 Å². The van der Waals surface area contributed by atoms with Crippen molar-refractivity contribution in [1.29, 1.82) is 0 Å². The molecule has 5 nitrogen and oxygen atoms in total. The Bertz CT molecular complexity index is 1570. The fraction of sp³-hybridized carbons (Fsp3) is 0.194. The van der Waals surface area contributed by atoms with E-state index in [1.807, 2.05) is 35.4 Å².